The Morgan fingerprint density at radius 3 is 2.56 bits per heavy atom. The summed E-state index contributed by atoms with van der Waals surface area (Å²) in [7, 11) is 1.49. The number of carbonyl (C=O) groups is 1. The van der Waals surface area contributed by atoms with E-state index in [1.807, 2.05) is 26.0 Å². The molecule has 0 saturated heterocycles. The van der Waals surface area contributed by atoms with E-state index in [2.05, 4.69) is 10.3 Å². The lowest BCUT2D eigenvalue weighted by Crippen LogP contribution is -2.38. The summed E-state index contributed by atoms with van der Waals surface area (Å²) in [6, 6.07) is 11.9. The van der Waals surface area contributed by atoms with Crippen molar-refractivity contribution in [3.8, 4) is 11.4 Å². The minimum Gasteiger partial charge on any atom is -0.497 e. The zero-order valence-electron chi connectivity index (χ0n) is 15.2. The SMILES string of the molecule is COc1cccc(-n2c(=O)[nH]cc(C(=O)Nc3ccc(C)c(C)c3)c2=O)c1. The van der Waals surface area contributed by atoms with E-state index in [1.165, 1.54) is 7.11 Å². The molecule has 0 aliphatic rings. The first kappa shape index (κ1) is 18.2. The summed E-state index contributed by atoms with van der Waals surface area (Å²) >= 11 is 0. The summed E-state index contributed by atoms with van der Waals surface area (Å²) in [5.41, 5.74) is 1.46. The number of amides is 1. The van der Waals surface area contributed by atoms with Gasteiger partial charge in [-0.3, -0.25) is 9.59 Å². The van der Waals surface area contributed by atoms with Crippen molar-refractivity contribution in [1.29, 1.82) is 0 Å². The maximum atomic E-state index is 12.8. The van der Waals surface area contributed by atoms with Crippen LogP contribution in [-0.4, -0.2) is 22.6 Å². The van der Waals surface area contributed by atoms with Crippen LogP contribution in [0.4, 0.5) is 5.69 Å². The standard InChI is InChI=1S/C20H19N3O4/c1-12-7-8-14(9-13(12)2)22-18(24)17-11-21-20(26)23(19(17)25)15-5-4-6-16(10-15)27-3/h4-11H,1-3H3,(H,21,26)(H,22,24). The fourth-order valence-corrected chi connectivity index (χ4v) is 2.64. The maximum Gasteiger partial charge on any atom is 0.333 e. The Morgan fingerprint density at radius 1 is 1.07 bits per heavy atom. The molecular formula is C20H19N3O4. The number of benzene rings is 2. The molecule has 0 aliphatic carbocycles. The van der Waals surface area contributed by atoms with Crippen LogP contribution in [0.5, 0.6) is 5.75 Å². The van der Waals surface area contributed by atoms with E-state index < -0.39 is 17.2 Å². The highest BCUT2D eigenvalue weighted by Gasteiger charge is 2.16. The zero-order chi connectivity index (χ0) is 19.6. The van der Waals surface area contributed by atoms with Gasteiger partial charge in [0.1, 0.15) is 11.3 Å². The van der Waals surface area contributed by atoms with Gasteiger partial charge in [0, 0.05) is 18.0 Å². The summed E-state index contributed by atoms with van der Waals surface area (Å²) in [6.45, 7) is 3.90. The molecular weight excluding hydrogens is 346 g/mol. The van der Waals surface area contributed by atoms with E-state index in [-0.39, 0.29) is 5.56 Å². The number of methoxy groups -OCH3 is 1. The predicted octanol–water partition coefficient (Wildman–Crippen LogP) is 2.40. The van der Waals surface area contributed by atoms with Gasteiger partial charge in [-0.05, 0) is 49.2 Å². The predicted molar refractivity (Wildman–Crippen MR) is 103 cm³/mol. The lowest BCUT2D eigenvalue weighted by molar-refractivity contribution is 0.102. The number of aryl methyl sites for hydroxylation is 2. The number of rotatable bonds is 4. The number of H-pyrrole nitrogens is 1. The second-order valence-corrected chi connectivity index (χ2v) is 6.10. The van der Waals surface area contributed by atoms with Crippen LogP contribution in [0.25, 0.3) is 5.69 Å². The Kier molecular flexibility index (Phi) is 4.94. The first-order valence-corrected chi connectivity index (χ1v) is 8.28. The molecule has 0 saturated carbocycles. The van der Waals surface area contributed by atoms with Crippen LogP contribution in [0.1, 0.15) is 21.5 Å². The van der Waals surface area contributed by atoms with Crippen LogP contribution in [-0.2, 0) is 0 Å². The minimum atomic E-state index is -0.715. The van der Waals surface area contributed by atoms with E-state index in [0.717, 1.165) is 21.9 Å². The van der Waals surface area contributed by atoms with E-state index in [4.69, 9.17) is 4.74 Å². The van der Waals surface area contributed by atoms with Crippen molar-refractivity contribution >= 4 is 11.6 Å². The lowest BCUT2D eigenvalue weighted by atomic mass is 10.1. The summed E-state index contributed by atoms with van der Waals surface area (Å²) < 4.78 is 6.03. The quantitative estimate of drug-likeness (QED) is 0.742. The number of hydrogen-bond acceptors (Lipinski definition) is 4. The molecule has 0 atom stereocenters. The normalized spacial score (nSPS) is 10.5. The molecule has 0 spiro atoms. The highest BCUT2D eigenvalue weighted by Crippen LogP contribution is 2.16. The number of anilines is 1. The molecule has 1 amide bonds. The van der Waals surface area contributed by atoms with Crippen LogP contribution in [0, 0.1) is 13.8 Å². The molecule has 0 radical (unpaired) electrons. The molecule has 0 bridgehead atoms. The van der Waals surface area contributed by atoms with Crippen molar-refractivity contribution in [3.05, 3.63) is 86.2 Å². The third kappa shape index (κ3) is 3.67. The smallest absolute Gasteiger partial charge is 0.333 e. The van der Waals surface area contributed by atoms with Gasteiger partial charge in [0.05, 0.1) is 12.8 Å². The number of carbonyl (C=O) groups excluding carboxylic acids is 1. The molecule has 2 aromatic carbocycles. The van der Waals surface area contributed by atoms with Crippen LogP contribution in [0.3, 0.4) is 0 Å². The summed E-state index contributed by atoms with van der Waals surface area (Å²) in [5.74, 6) is -0.111. The molecule has 138 valence electrons. The minimum absolute atomic E-state index is 0.171. The van der Waals surface area contributed by atoms with Crippen LogP contribution < -0.4 is 21.3 Å². The second-order valence-electron chi connectivity index (χ2n) is 6.10. The fraction of sp³-hybridized carbons (Fsp3) is 0.150. The number of nitrogens with zero attached hydrogens (tertiary/aromatic N) is 1. The van der Waals surface area contributed by atoms with Gasteiger partial charge in [0.2, 0.25) is 0 Å². The zero-order valence-corrected chi connectivity index (χ0v) is 15.2. The second kappa shape index (κ2) is 7.33. The third-order valence-corrected chi connectivity index (χ3v) is 4.30. The highest BCUT2D eigenvalue weighted by molar-refractivity contribution is 6.03. The van der Waals surface area contributed by atoms with Gasteiger partial charge in [-0.2, -0.15) is 0 Å². The van der Waals surface area contributed by atoms with E-state index in [9.17, 15) is 14.4 Å². The Balaban J connectivity index is 2.01. The van der Waals surface area contributed by atoms with E-state index in [1.54, 1.807) is 30.3 Å². The molecule has 7 heteroatoms. The van der Waals surface area contributed by atoms with Crippen molar-refractivity contribution in [3.63, 3.8) is 0 Å². The highest BCUT2D eigenvalue weighted by atomic mass is 16.5. The van der Waals surface area contributed by atoms with Crippen molar-refractivity contribution < 1.29 is 9.53 Å². The van der Waals surface area contributed by atoms with E-state index >= 15 is 0 Å². The van der Waals surface area contributed by atoms with Crippen molar-refractivity contribution in [2.45, 2.75) is 13.8 Å². The van der Waals surface area contributed by atoms with Crippen LogP contribution >= 0.6 is 0 Å². The molecule has 1 aromatic heterocycles. The first-order valence-electron chi connectivity index (χ1n) is 8.28. The first-order chi connectivity index (χ1) is 12.9. The fourth-order valence-electron chi connectivity index (χ4n) is 2.64. The average Bonchev–Trinajstić information content (AvgIpc) is 2.65. The molecule has 2 N–H and O–H groups in total. The van der Waals surface area contributed by atoms with Gasteiger partial charge in [-0.15, -0.1) is 0 Å². The molecule has 0 fully saturated rings. The van der Waals surface area contributed by atoms with Crippen molar-refractivity contribution in [2.24, 2.45) is 0 Å². The number of ether oxygens (including phenoxy) is 1. The average molecular weight is 365 g/mol. The van der Waals surface area contributed by atoms with Gasteiger partial charge in [0.25, 0.3) is 11.5 Å². The van der Waals surface area contributed by atoms with Crippen molar-refractivity contribution in [2.75, 3.05) is 12.4 Å². The molecule has 1 heterocycles. The maximum absolute atomic E-state index is 12.8. The molecule has 3 rings (SSSR count). The Hall–Kier alpha value is -3.61. The van der Waals surface area contributed by atoms with Crippen molar-refractivity contribution in [1.82, 2.24) is 9.55 Å². The molecule has 0 aliphatic heterocycles. The Labute approximate surface area is 155 Å². The summed E-state index contributed by atoms with van der Waals surface area (Å²) in [4.78, 5) is 40.0. The topological polar surface area (TPSA) is 93.2 Å². The molecule has 7 nitrogen and oxygen atoms in total. The van der Waals surface area contributed by atoms with Crippen LogP contribution in [0.2, 0.25) is 0 Å². The third-order valence-electron chi connectivity index (χ3n) is 4.30. The number of aromatic amines is 1. The summed E-state index contributed by atoms with van der Waals surface area (Å²) in [6.07, 6.45) is 1.12. The summed E-state index contributed by atoms with van der Waals surface area (Å²) in [5, 5.41) is 2.69. The van der Waals surface area contributed by atoms with Gasteiger partial charge in [-0.1, -0.05) is 12.1 Å². The van der Waals surface area contributed by atoms with Gasteiger partial charge < -0.3 is 15.0 Å². The van der Waals surface area contributed by atoms with Gasteiger partial charge in [0.15, 0.2) is 0 Å². The van der Waals surface area contributed by atoms with Gasteiger partial charge in [-0.25, -0.2) is 9.36 Å². The monoisotopic (exact) mass is 365 g/mol. The van der Waals surface area contributed by atoms with Gasteiger partial charge >= 0.3 is 5.69 Å². The Morgan fingerprint density at radius 2 is 1.85 bits per heavy atom. The number of nitrogens with one attached hydrogen (secondary N) is 2. The van der Waals surface area contributed by atoms with E-state index in [0.29, 0.717) is 17.1 Å². The molecule has 27 heavy (non-hydrogen) atoms. The Bertz CT molecular complexity index is 1130. The number of aromatic nitrogens is 2. The molecule has 3 aromatic rings. The number of hydrogen-bond donors (Lipinski definition) is 2. The largest absolute Gasteiger partial charge is 0.497 e. The molecule has 0 unspecified atom stereocenters. The van der Waals surface area contributed by atoms with Crippen LogP contribution in [0.15, 0.2) is 58.3 Å². The lowest BCUT2D eigenvalue weighted by Gasteiger charge is -2.10.